The summed E-state index contributed by atoms with van der Waals surface area (Å²) in [7, 11) is -2.01. The van der Waals surface area contributed by atoms with Crippen LogP contribution in [0.25, 0.3) is 0 Å². The molecule has 0 saturated carbocycles. The molecule has 4 rings (SSSR count). The number of carbonyl (C=O) groups excluding carboxylic acids is 2. The first-order valence-electron chi connectivity index (χ1n) is 14.3. The number of carbonyl (C=O) groups is 2. The van der Waals surface area contributed by atoms with Crippen molar-refractivity contribution in [3.63, 3.8) is 0 Å². The third-order valence-corrected chi connectivity index (χ3v) is 8.64. The van der Waals surface area contributed by atoms with Gasteiger partial charge in [-0.05, 0) is 65.1 Å². The second-order valence-corrected chi connectivity index (χ2v) is 11.9. The van der Waals surface area contributed by atoms with E-state index in [1.54, 1.807) is 50.4 Å². The van der Waals surface area contributed by atoms with E-state index in [9.17, 15) is 22.4 Å². The normalized spacial score (nSPS) is 11.9. The third kappa shape index (κ3) is 8.75. The maximum absolute atomic E-state index is 13.9. The first-order valence-corrected chi connectivity index (χ1v) is 15.8. The Morgan fingerprint density at radius 1 is 0.841 bits per heavy atom. The van der Waals surface area contributed by atoms with Crippen LogP contribution in [0, 0.1) is 5.82 Å². The van der Waals surface area contributed by atoms with Crippen LogP contribution in [0.15, 0.2) is 108 Å². The molecule has 1 atom stereocenters. The topological polar surface area (TPSA) is 105 Å². The molecule has 4 aromatic rings. The molecule has 0 unspecified atom stereocenters. The highest BCUT2D eigenvalue weighted by atomic mass is 32.2. The lowest BCUT2D eigenvalue weighted by atomic mass is 10.0. The van der Waals surface area contributed by atoms with E-state index in [0.29, 0.717) is 23.3 Å². The fraction of sp³-hybridized carbons (Fsp3) is 0.235. The number of ether oxygens (including phenoxy) is 1. The van der Waals surface area contributed by atoms with Gasteiger partial charge in [-0.1, -0.05) is 73.7 Å². The third-order valence-electron chi connectivity index (χ3n) is 7.08. The molecule has 0 aliphatic rings. The summed E-state index contributed by atoms with van der Waals surface area (Å²) >= 11 is 0. The van der Waals surface area contributed by atoms with Crippen molar-refractivity contribution in [1.82, 2.24) is 14.9 Å². The van der Waals surface area contributed by atoms with Gasteiger partial charge in [-0.15, -0.1) is 0 Å². The van der Waals surface area contributed by atoms with Crippen molar-refractivity contribution >= 4 is 21.8 Å². The molecule has 0 aromatic heterocycles. The molecule has 0 heterocycles. The number of nitrogens with zero attached hydrogens (tertiary/aromatic N) is 1. The number of hydrogen-bond donors (Lipinski definition) is 2. The summed E-state index contributed by atoms with van der Waals surface area (Å²) in [5.74, 6) is -0.345. The van der Waals surface area contributed by atoms with Crippen molar-refractivity contribution in [2.45, 2.75) is 43.8 Å². The lowest BCUT2D eigenvalue weighted by Gasteiger charge is -2.32. The van der Waals surface area contributed by atoms with Gasteiger partial charge in [0.15, 0.2) is 0 Å². The Kier molecular flexibility index (Phi) is 11.2. The molecule has 2 N–H and O–H groups in total. The first-order chi connectivity index (χ1) is 21.2. The Balaban J connectivity index is 1.59. The smallest absolute Gasteiger partial charge is 0.247 e. The van der Waals surface area contributed by atoms with E-state index in [1.807, 2.05) is 42.5 Å². The van der Waals surface area contributed by atoms with E-state index in [4.69, 9.17) is 4.74 Å². The van der Waals surface area contributed by atoms with Crippen molar-refractivity contribution in [3.05, 3.63) is 131 Å². The molecule has 2 amide bonds. The molecule has 8 nitrogen and oxygen atoms in total. The van der Waals surface area contributed by atoms with E-state index in [0.717, 1.165) is 11.1 Å². The minimum atomic E-state index is -3.59. The molecule has 0 fully saturated rings. The molecule has 0 aliphatic carbocycles. The van der Waals surface area contributed by atoms with Crippen LogP contribution in [0.1, 0.15) is 41.6 Å². The van der Waals surface area contributed by atoms with Crippen LogP contribution in [-0.4, -0.2) is 38.8 Å². The number of hydrogen-bond acceptors (Lipinski definition) is 5. The zero-order chi connectivity index (χ0) is 31.5. The molecule has 0 bridgehead atoms. The van der Waals surface area contributed by atoms with E-state index < -0.39 is 21.9 Å². The van der Waals surface area contributed by atoms with Crippen molar-refractivity contribution in [1.29, 1.82) is 0 Å². The second kappa shape index (κ2) is 15.3. The minimum Gasteiger partial charge on any atom is -0.497 e. The number of nitrogens with one attached hydrogen (secondary N) is 2. The maximum Gasteiger partial charge on any atom is 0.247 e. The van der Waals surface area contributed by atoms with Crippen LogP contribution in [0.5, 0.6) is 5.75 Å². The number of amides is 2. The van der Waals surface area contributed by atoms with E-state index in [-0.39, 0.29) is 42.8 Å². The SMILES string of the molecule is CCNS(=O)(=O)c1ccc(CCC(=O)N(Cc2ccc(F)cc2)[C@@H](C(=O)NCc2ccc(OC)cc2)c2ccccc2)cc1. The molecule has 10 heteroatoms. The van der Waals surface area contributed by atoms with Gasteiger partial charge in [0.1, 0.15) is 17.6 Å². The summed E-state index contributed by atoms with van der Waals surface area (Å²) in [5, 5.41) is 2.97. The van der Waals surface area contributed by atoms with Gasteiger partial charge >= 0.3 is 0 Å². The van der Waals surface area contributed by atoms with Crippen LogP contribution < -0.4 is 14.8 Å². The fourth-order valence-electron chi connectivity index (χ4n) is 4.75. The first kappa shape index (κ1) is 32.4. The standard InChI is InChI=1S/C34H36FN3O5S/c1-3-37-44(41,42)31-20-13-25(14-21-31)15-22-32(39)38(24-27-9-16-29(35)17-10-27)33(28-7-5-4-6-8-28)34(40)36-23-26-11-18-30(43-2)19-12-26/h4-14,16-21,33,37H,3,15,22-24H2,1-2H3,(H,36,40)/t33-/m1/s1. The van der Waals surface area contributed by atoms with Gasteiger partial charge in [-0.3, -0.25) is 9.59 Å². The average Bonchev–Trinajstić information content (AvgIpc) is 3.04. The molecule has 44 heavy (non-hydrogen) atoms. The number of halogens is 1. The zero-order valence-corrected chi connectivity index (χ0v) is 25.5. The second-order valence-electron chi connectivity index (χ2n) is 10.2. The predicted octanol–water partition coefficient (Wildman–Crippen LogP) is 5.15. The molecule has 0 radical (unpaired) electrons. The Morgan fingerprint density at radius 2 is 1.45 bits per heavy atom. The molecule has 230 valence electrons. The highest BCUT2D eigenvalue weighted by Gasteiger charge is 2.31. The van der Waals surface area contributed by atoms with E-state index in [2.05, 4.69) is 10.0 Å². The number of aryl methyl sites for hydroxylation is 1. The molecule has 0 spiro atoms. The number of sulfonamides is 1. The maximum atomic E-state index is 13.9. The predicted molar refractivity (Wildman–Crippen MR) is 167 cm³/mol. The molecule has 0 aliphatic heterocycles. The highest BCUT2D eigenvalue weighted by molar-refractivity contribution is 7.89. The summed E-state index contributed by atoms with van der Waals surface area (Å²) in [4.78, 5) is 29.4. The summed E-state index contributed by atoms with van der Waals surface area (Å²) in [6.45, 7) is 2.30. The lowest BCUT2D eigenvalue weighted by Crippen LogP contribution is -2.43. The van der Waals surface area contributed by atoms with E-state index in [1.165, 1.54) is 29.2 Å². The highest BCUT2D eigenvalue weighted by Crippen LogP contribution is 2.26. The molecule has 0 saturated heterocycles. The molecule has 4 aromatic carbocycles. The Bertz CT molecular complexity index is 1630. The lowest BCUT2D eigenvalue weighted by molar-refractivity contribution is -0.141. The van der Waals surface area contributed by atoms with Crippen LogP contribution in [0.3, 0.4) is 0 Å². The van der Waals surface area contributed by atoms with Crippen LogP contribution in [-0.2, 0) is 39.1 Å². The van der Waals surface area contributed by atoms with Crippen LogP contribution in [0.2, 0.25) is 0 Å². The van der Waals surface area contributed by atoms with Crippen molar-refractivity contribution < 1.29 is 27.1 Å². The van der Waals surface area contributed by atoms with Crippen molar-refractivity contribution in [3.8, 4) is 5.75 Å². The van der Waals surface area contributed by atoms with Crippen molar-refractivity contribution in [2.75, 3.05) is 13.7 Å². The summed E-state index contributed by atoms with van der Waals surface area (Å²) in [5.41, 5.74) is 2.94. The largest absolute Gasteiger partial charge is 0.497 e. The van der Waals surface area contributed by atoms with Crippen molar-refractivity contribution in [2.24, 2.45) is 0 Å². The fourth-order valence-corrected chi connectivity index (χ4v) is 5.79. The molecular weight excluding hydrogens is 581 g/mol. The van der Waals surface area contributed by atoms with Gasteiger partial charge < -0.3 is 15.0 Å². The number of benzene rings is 4. The summed E-state index contributed by atoms with van der Waals surface area (Å²) < 4.78 is 46.0. The average molecular weight is 618 g/mol. The van der Waals surface area contributed by atoms with Gasteiger partial charge in [0.05, 0.1) is 12.0 Å². The zero-order valence-electron chi connectivity index (χ0n) is 24.7. The monoisotopic (exact) mass is 617 g/mol. The van der Waals surface area contributed by atoms with Crippen LogP contribution in [0.4, 0.5) is 4.39 Å². The van der Waals surface area contributed by atoms with Gasteiger partial charge in [0.2, 0.25) is 21.8 Å². The van der Waals surface area contributed by atoms with Crippen LogP contribution >= 0.6 is 0 Å². The Hall–Kier alpha value is -4.54. The molecular formula is C34H36FN3O5S. The minimum absolute atomic E-state index is 0.0651. The van der Waals surface area contributed by atoms with Gasteiger partial charge in [0, 0.05) is 26.1 Å². The Morgan fingerprint density at radius 3 is 2.07 bits per heavy atom. The summed E-state index contributed by atoms with van der Waals surface area (Å²) in [6, 6.07) is 27.6. The number of rotatable bonds is 14. The number of methoxy groups -OCH3 is 1. The van der Waals surface area contributed by atoms with Gasteiger partial charge in [0.25, 0.3) is 0 Å². The van der Waals surface area contributed by atoms with E-state index >= 15 is 0 Å². The Labute approximate surface area is 257 Å². The van der Waals surface area contributed by atoms with Gasteiger partial charge in [-0.2, -0.15) is 0 Å². The quantitative estimate of drug-likeness (QED) is 0.204. The van der Waals surface area contributed by atoms with Gasteiger partial charge in [-0.25, -0.2) is 17.5 Å². The summed E-state index contributed by atoms with van der Waals surface area (Å²) in [6.07, 6.45) is 0.394.